The molecular weight excluding hydrogens is 310 g/mol. The van der Waals surface area contributed by atoms with E-state index >= 15 is 0 Å². The summed E-state index contributed by atoms with van der Waals surface area (Å²) in [4.78, 5) is 7.82. The number of piperidine rings is 1. The predicted molar refractivity (Wildman–Crippen MR) is 105 cm³/mol. The van der Waals surface area contributed by atoms with Crippen LogP contribution in [0.25, 0.3) is 0 Å². The summed E-state index contributed by atoms with van der Waals surface area (Å²) in [5.74, 6) is 0.885. The number of hydrogen-bond acceptors (Lipinski definition) is 4. The van der Waals surface area contributed by atoms with Gasteiger partial charge in [0.1, 0.15) is 0 Å². The van der Waals surface area contributed by atoms with Gasteiger partial charge in [0.2, 0.25) is 0 Å². The van der Waals surface area contributed by atoms with Gasteiger partial charge in [-0.05, 0) is 71.9 Å². The molecule has 3 fully saturated rings. The topological polar surface area (TPSA) is 19.0 Å². The van der Waals surface area contributed by atoms with Crippen molar-refractivity contribution in [1.82, 2.24) is 14.7 Å². The lowest BCUT2D eigenvalue weighted by atomic mass is 9.86. The molecule has 4 nitrogen and oxygen atoms in total. The molecule has 146 valence electrons. The number of piperazine rings is 1. The number of likely N-dealkylation sites (N-methyl/N-ethyl adjacent to an activating group) is 1. The summed E-state index contributed by atoms with van der Waals surface area (Å²) < 4.78 is 6.44. The highest BCUT2D eigenvalue weighted by Crippen LogP contribution is 2.30. The zero-order chi connectivity index (χ0) is 17.8. The minimum Gasteiger partial charge on any atom is -0.375 e. The lowest BCUT2D eigenvalue weighted by Gasteiger charge is -2.46. The van der Waals surface area contributed by atoms with Crippen molar-refractivity contribution in [3.8, 4) is 0 Å². The van der Waals surface area contributed by atoms with Crippen LogP contribution >= 0.6 is 0 Å². The average molecular weight is 352 g/mol. The van der Waals surface area contributed by atoms with E-state index in [0.717, 1.165) is 5.92 Å². The van der Waals surface area contributed by atoms with Crippen LogP contribution in [-0.4, -0.2) is 85.3 Å². The van der Waals surface area contributed by atoms with Crippen molar-refractivity contribution in [3.05, 3.63) is 0 Å². The molecule has 2 saturated heterocycles. The summed E-state index contributed by atoms with van der Waals surface area (Å²) in [5.41, 5.74) is 0. The zero-order valence-corrected chi connectivity index (χ0v) is 17.1. The van der Waals surface area contributed by atoms with E-state index in [0.29, 0.717) is 24.3 Å². The molecule has 0 aromatic heterocycles. The Morgan fingerprint density at radius 2 is 1.40 bits per heavy atom. The minimum absolute atomic E-state index is 0.528. The monoisotopic (exact) mass is 351 g/mol. The maximum absolute atomic E-state index is 6.44. The van der Waals surface area contributed by atoms with Gasteiger partial charge in [0, 0.05) is 44.8 Å². The van der Waals surface area contributed by atoms with Crippen molar-refractivity contribution in [1.29, 1.82) is 0 Å². The van der Waals surface area contributed by atoms with Gasteiger partial charge in [-0.3, -0.25) is 4.90 Å². The van der Waals surface area contributed by atoms with E-state index in [1.807, 2.05) is 0 Å². The van der Waals surface area contributed by atoms with Crippen molar-refractivity contribution in [2.45, 2.75) is 83.6 Å². The van der Waals surface area contributed by atoms with Gasteiger partial charge in [-0.1, -0.05) is 6.92 Å². The molecule has 0 amide bonds. The standard InChI is InChI=1S/C21H41N3O/c1-5-23-14-17(2)24(18(3)15-23)16-19-6-8-20(9-7-19)25-21-10-12-22(4)13-11-21/h17-21H,5-16H2,1-4H3. The van der Waals surface area contributed by atoms with Crippen LogP contribution in [0.15, 0.2) is 0 Å². The lowest BCUT2D eigenvalue weighted by Crippen LogP contribution is -2.57. The Labute approximate surface area is 155 Å². The highest BCUT2D eigenvalue weighted by atomic mass is 16.5. The lowest BCUT2D eigenvalue weighted by molar-refractivity contribution is -0.0626. The molecule has 3 aliphatic rings. The molecule has 1 aliphatic carbocycles. The molecule has 0 aromatic carbocycles. The molecule has 2 heterocycles. The van der Waals surface area contributed by atoms with E-state index in [-0.39, 0.29) is 0 Å². The van der Waals surface area contributed by atoms with Gasteiger partial charge >= 0.3 is 0 Å². The normalized spacial score (nSPS) is 37.4. The molecular formula is C21H41N3O. The largest absolute Gasteiger partial charge is 0.375 e. The molecule has 0 spiro atoms. The summed E-state index contributed by atoms with van der Waals surface area (Å²) in [6.45, 7) is 14.5. The number of hydrogen-bond donors (Lipinski definition) is 0. The Bertz CT molecular complexity index is 377. The second kappa shape index (κ2) is 9.16. The summed E-state index contributed by atoms with van der Waals surface area (Å²) in [5, 5.41) is 0. The van der Waals surface area contributed by atoms with Crippen molar-refractivity contribution in [2.75, 3.05) is 46.3 Å². The van der Waals surface area contributed by atoms with Crippen LogP contribution in [0.5, 0.6) is 0 Å². The van der Waals surface area contributed by atoms with Gasteiger partial charge in [-0.2, -0.15) is 0 Å². The van der Waals surface area contributed by atoms with Gasteiger partial charge in [-0.25, -0.2) is 0 Å². The Hall–Kier alpha value is -0.160. The van der Waals surface area contributed by atoms with Gasteiger partial charge in [-0.15, -0.1) is 0 Å². The molecule has 0 bridgehead atoms. The summed E-state index contributed by atoms with van der Waals surface area (Å²) in [7, 11) is 2.23. The molecule has 0 N–H and O–H groups in total. The Morgan fingerprint density at radius 3 is 1.96 bits per heavy atom. The van der Waals surface area contributed by atoms with Crippen LogP contribution in [0, 0.1) is 5.92 Å². The summed E-state index contributed by atoms with van der Waals surface area (Å²) in [6.07, 6.45) is 8.83. The predicted octanol–water partition coefficient (Wildman–Crippen LogP) is 3.07. The molecule has 2 unspecified atom stereocenters. The first-order chi connectivity index (χ1) is 12.0. The molecule has 3 rings (SSSR count). The second-order valence-corrected chi connectivity index (χ2v) is 9.03. The third-order valence-electron chi connectivity index (χ3n) is 6.94. The Balaban J connectivity index is 1.39. The fourth-order valence-electron chi connectivity index (χ4n) is 5.23. The minimum atomic E-state index is 0.528. The quantitative estimate of drug-likeness (QED) is 0.758. The first-order valence-electron chi connectivity index (χ1n) is 10.9. The Kier molecular flexibility index (Phi) is 7.18. The first-order valence-corrected chi connectivity index (χ1v) is 10.9. The van der Waals surface area contributed by atoms with Crippen molar-refractivity contribution in [2.24, 2.45) is 5.92 Å². The van der Waals surface area contributed by atoms with Crippen LogP contribution in [0.2, 0.25) is 0 Å². The number of nitrogens with zero attached hydrogens (tertiary/aromatic N) is 3. The second-order valence-electron chi connectivity index (χ2n) is 9.03. The van der Waals surface area contributed by atoms with E-state index in [4.69, 9.17) is 4.74 Å². The highest BCUT2D eigenvalue weighted by Gasteiger charge is 2.32. The number of likely N-dealkylation sites (tertiary alicyclic amines) is 1. The van der Waals surface area contributed by atoms with Crippen molar-refractivity contribution < 1.29 is 4.74 Å². The SMILES string of the molecule is CCN1CC(C)N(CC2CCC(OC3CCN(C)CC3)CC2)C(C)C1. The molecule has 0 radical (unpaired) electrons. The highest BCUT2D eigenvalue weighted by molar-refractivity contribution is 4.87. The maximum atomic E-state index is 6.44. The van der Waals surface area contributed by atoms with E-state index in [1.54, 1.807) is 0 Å². The summed E-state index contributed by atoms with van der Waals surface area (Å²) in [6, 6.07) is 1.41. The average Bonchev–Trinajstić information content (AvgIpc) is 2.61. The van der Waals surface area contributed by atoms with Gasteiger partial charge in [0.15, 0.2) is 0 Å². The van der Waals surface area contributed by atoms with E-state index in [1.165, 1.54) is 77.8 Å². The van der Waals surface area contributed by atoms with Crippen LogP contribution in [0.3, 0.4) is 0 Å². The number of rotatable bonds is 5. The van der Waals surface area contributed by atoms with Gasteiger partial charge in [0.05, 0.1) is 12.2 Å². The van der Waals surface area contributed by atoms with Crippen LogP contribution in [0.4, 0.5) is 0 Å². The third-order valence-corrected chi connectivity index (χ3v) is 6.94. The molecule has 25 heavy (non-hydrogen) atoms. The molecule has 4 heteroatoms. The van der Waals surface area contributed by atoms with E-state index < -0.39 is 0 Å². The summed E-state index contributed by atoms with van der Waals surface area (Å²) >= 11 is 0. The maximum Gasteiger partial charge on any atom is 0.0603 e. The van der Waals surface area contributed by atoms with Crippen molar-refractivity contribution in [3.63, 3.8) is 0 Å². The van der Waals surface area contributed by atoms with Crippen LogP contribution < -0.4 is 0 Å². The zero-order valence-electron chi connectivity index (χ0n) is 17.1. The van der Waals surface area contributed by atoms with E-state index in [9.17, 15) is 0 Å². The van der Waals surface area contributed by atoms with Gasteiger partial charge < -0.3 is 14.5 Å². The number of ether oxygens (including phenoxy) is 1. The molecule has 2 atom stereocenters. The molecule has 0 aromatic rings. The Morgan fingerprint density at radius 1 is 0.840 bits per heavy atom. The van der Waals surface area contributed by atoms with Gasteiger partial charge in [0.25, 0.3) is 0 Å². The van der Waals surface area contributed by atoms with Crippen LogP contribution in [0.1, 0.15) is 59.3 Å². The first kappa shape index (κ1) is 19.6. The molecule has 2 aliphatic heterocycles. The fraction of sp³-hybridized carbons (Fsp3) is 1.00. The third kappa shape index (κ3) is 5.41. The fourth-order valence-corrected chi connectivity index (χ4v) is 5.23. The van der Waals surface area contributed by atoms with E-state index in [2.05, 4.69) is 42.5 Å². The molecule has 1 saturated carbocycles. The van der Waals surface area contributed by atoms with Crippen molar-refractivity contribution >= 4 is 0 Å². The smallest absolute Gasteiger partial charge is 0.0603 e. The van der Waals surface area contributed by atoms with Crippen LogP contribution in [-0.2, 0) is 4.74 Å².